The Morgan fingerprint density at radius 3 is 2.45 bits per heavy atom. The first kappa shape index (κ1) is 22.4. The molecule has 1 amide bonds. The first-order valence-electron chi connectivity index (χ1n) is 10.6. The highest BCUT2D eigenvalue weighted by molar-refractivity contribution is 6.32. The Morgan fingerprint density at radius 1 is 1.15 bits per heavy atom. The molecule has 3 aromatic rings. The number of halogens is 2. The van der Waals surface area contributed by atoms with Crippen LogP contribution in [0.25, 0.3) is 11.1 Å². The fourth-order valence-electron chi connectivity index (χ4n) is 3.60. The fraction of sp³-hybridized carbons (Fsp3) is 0.208. The molecular formula is C24H21BF2N2O4. The lowest BCUT2D eigenvalue weighted by Crippen LogP contribution is -2.29. The average molecular weight is 450 g/mol. The predicted octanol–water partition coefficient (Wildman–Crippen LogP) is 2.82. The second-order valence-corrected chi connectivity index (χ2v) is 7.88. The topological polar surface area (TPSA) is 77.4 Å². The summed E-state index contributed by atoms with van der Waals surface area (Å²) in [5.74, 6) is -2.44. The highest BCUT2D eigenvalue weighted by Gasteiger charge is 2.33. The van der Waals surface area contributed by atoms with Gasteiger partial charge in [0.05, 0.1) is 12.2 Å². The number of rotatable bonds is 6. The smallest absolute Gasteiger partial charge is 0.355 e. The number of nitrogens with zero attached hydrogens (tertiary/aromatic N) is 1. The second kappa shape index (κ2) is 9.01. The predicted molar refractivity (Wildman–Crippen MR) is 123 cm³/mol. The number of hydrogen-bond donors (Lipinski definition) is 1. The van der Waals surface area contributed by atoms with Crippen LogP contribution in [0.15, 0.2) is 53.5 Å². The average Bonchev–Trinajstić information content (AvgIpc) is 3.62. The van der Waals surface area contributed by atoms with Gasteiger partial charge in [-0.2, -0.15) is 0 Å². The number of aromatic nitrogens is 1. The summed E-state index contributed by atoms with van der Waals surface area (Å²) in [6, 6.07) is 9.24. The number of hydrogen-bond acceptors (Lipinski definition) is 4. The molecule has 33 heavy (non-hydrogen) atoms. The van der Waals surface area contributed by atoms with Crippen LogP contribution in [0.3, 0.4) is 0 Å². The number of carbonyl (C=O) groups is 2. The van der Waals surface area contributed by atoms with Gasteiger partial charge in [0.25, 0.3) is 5.91 Å². The number of esters is 1. The highest BCUT2D eigenvalue weighted by Crippen LogP contribution is 2.38. The molecule has 0 atom stereocenters. The monoisotopic (exact) mass is 450 g/mol. The van der Waals surface area contributed by atoms with Gasteiger partial charge in [0.1, 0.15) is 30.7 Å². The Balaban J connectivity index is 1.88. The second-order valence-electron chi connectivity index (χ2n) is 7.88. The lowest BCUT2D eigenvalue weighted by atomic mass is 9.95. The van der Waals surface area contributed by atoms with Gasteiger partial charge in [0.15, 0.2) is 0 Å². The fourth-order valence-corrected chi connectivity index (χ4v) is 3.60. The molecule has 1 aromatic heterocycles. The van der Waals surface area contributed by atoms with Crippen LogP contribution < -0.4 is 16.2 Å². The van der Waals surface area contributed by atoms with E-state index in [9.17, 15) is 23.2 Å². The Bertz CT molecular complexity index is 1300. The summed E-state index contributed by atoms with van der Waals surface area (Å²) < 4.78 is 34.2. The Hall–Kier alpha value is -3.75. The number of anilines is 1. The minimum Gasteiger partial charge on any atom is -0.461 e. The number of carbonyl (C=O) groups excluding carboxylic acids is 2. The third kappa shape index (κ3) is 4.57. The van der Waals surface area contributed by atoms with Crippen molar-refractivity contribution in [3.8, 4) is 11.1 Å². The maximum absolute atomic E-state index is 13.9. The summed E-state index contributed by atoms with van der Waals surface area (Å²) in [5, 5.41) is 2.55. The largest absolute Gasteiger partial charge is 0.461 e. The molecule has 0 aliphatic heterocycles. The molecule has 1 aliphatic carbocycles. The minimum atomic E-state index is -0.739. The summed E-state index contributed by atoms with van der Waals surface area (Å²) in [6.45, 7) is 1.75. The molecule has 1 N–H and O–H groups in total. The van der Waals surface area contributed by atoms with E-state index in [4.69, 9.17) is 4.74 Å². The van der Waals surface area contributed by atoms with Gasteiger partial charge in [0, 0.05) is 17.9 Å². The van der Waals surface area contributed by atoms with E-state index >= 15 is 0 Å². The normalized spacial score (nSPS) is 12.9. The summed E-state index contributed by atoms with van der Waals surface area (Å²) in [4.78, 5) is 39.4. The Kier molecular flexibility index (Phi) is 6.13. The van der Waals surface area contributed by atoms with E-state index in [1.165, 1.54) is 48.7 Å². The van der Waals surface area contributed by atoms with E-state index < -0.39 is 28.9 Å². The Labute approximate surface area is 189 Å². The first-order chi connectivity index (χ1) is 15.8. The molecule has 168 valence electrons. The first-order valence-corrected chi connectivity index (χ1v) is 10.6. The van der Waals surface area contributed by atoms with Gasteiger partial charge in [-0.25, -0.2) is 13.6 Å². The molecule has 1 fully saturated rings. The van der Waals surface area contributed by atoms with Crippen molar-refractivity contribution < 1.29 is 23.1 Å². The molecule has 6 nitrogen and oxygen atoms in total. The number of benzene rings is 2. The van der Waals surface area contributed by atoms with Crippen LogP contribution in [-0.4, -0.2) is 30.9 Å². The van der Waals surface area contributed by atoms with Gasteiger partial charge < -0.3 is 14.6 Å². The quantitative estimate of drug-likeness (QED) is 0.463. The molecule has 0 radical (unpaired) electrons. The van der Waals surface area contributed by atoms with E-state index in [1.54, 1.807) is 19.3 Å². The molecule has 9 heteroatoms. The lowest BCUT2D eigenvalue weighted by molar-refractivity contribution is 0.0513. The number of nitrogens with one attached hydrogen (secondary N) is 1. The molecule has 0 spiro atoms. The van der Waals surface area contributed by atoms with E-state index in [2.05, 4.69) is 5.32 Å². The van der Waals surface area contributed by atoms with Crippen LogP contribution in [0.4, 0.5) is 14.5 Å². The molecule has 1 heterocycles. The van der Waals surface area contributed by atoms with Gasteiger partial charge in [-0.1, -0.05) is 23.7 Å². The maximum atomic E-state index is 13.9. The van der Waals surface area contributed by atoms with Crippen molar-refractivity contribution in [2.45, 2.75) is 25.8 Å². The van der Waals surface area contributed by atoms with Crippen LogP contribution in [0.5, 0.6) is 0 Å². The third-order valence-corrected chi connectivity index (χ3v) is 5.45. The molecule has 0 saturated heterocycles. The van der Waals surface area contributed by atoms with Gasteiger partial charge in [0.2, 0.25) is 5.43 Å². The van der Waals surface area contributed by atoms with Crippen molar-refractivity contribution in [2.75, 3.05) is 11.9 Å². The zero-order chi connectivity index (χ0) is 23.7. The van der Waals surface area contributed by atoms with Crippen molar-refractivity contribution in [3.05, 3.63) is 81.8 Å². The van der Waals surface area contributed by atoms with Crippen LogP contribution in [0.2, 0.25) is 0 Å². The van der Waals surface area contributed by atoms with E-state index in [0.29, 0.717) is 5.46 Å². The third-order valence-electron chi connectivity index (χ3n) is 5.45. The lowest BCUT2D eigenvalue weighted by Gasteiger charge is -2.18. The zero-order valence-electron chi connectivity index (χ0n) is 18.2. The number of pyridine rings is 1. The van der Waals surface area contributed by atoms with E-state index in [-0.39, 0.29) is 40.7 Å². The molecule has 0 bridgehead atoms. The van der Waals surface area contributed by atoms with Gasteiger partial charge >= 0.3 is 5.97 Å². The SMILES string of the molecule is Bc1ccc(NC(=O)c2cn(C3CC3)c(C(=O)OCC)c(-c3ccc(F)cc3)c2=O)cc1F. The molecule has 1 saturated carbocycles. The van der Waals surface area contributed by atoms with Gasteiger partial charge in [-0.15, -0.1) is 0 Å². The van der Waals surface area contributed by atoms with Crippen molar-refractivity contribution in [3.63, 3.8) is 0 Å². The van der Waals surface area contributed by atoms with Crippen molar-refractivity contribution in [1.82, 2.24) is 4.57 Å². The van der Waals surface area contributed by atoms with Crippen molar-refractivity contribution >= 4 is 30.9 Å². The zero-order valence-corrected chi connectivity index (χ0v) is 18.2. The van der Waals surface area contributed by atoms with Crippen molar-refractivity contribution in [1.29, 1.82) is 0 Å². The van der Waals surface area contributed by atoms with Crippen LogP contribution in [0.1, 0.15) is 46.7 Å². The van der Waals surface area contributed by atoms with Gasteiger partial charge in [-0.3, -0.25) is 9.59 Å². The number of ether oxygens (including phenoxy) is 1. The summed E-state index contributed by atoms with van der Waals surface area (Å²) in [6.07, 6.45) is 2.88. The summed E-state index contributed by atoms with van der Waals surface area (Å²) >= 11 is 0. The van der Waals surface area contributed by atoms with Crippen LogP contribution in [-0.2, 0) is 4.74 Å². The van der Waals surface area contributed by atoms with Crippen LogP contribution in [0, 0.1) is 11.6 Å². The molecule has 4 rings (SSSR count). The van der Waals surface area contributed by atoms with Gasteiger partial charge in [-0.05, 0) is 49.6 Å². The van der Waals surface area contributed by atoms with E-state index in [1.807, 2.05) is 0 Å². The molecule has 0 unspecified atom stereocenters. The summed E-state index contributed by atoms with van der Waals surface area (Å²) in [7, 11) is 1.60. The van der Waals surface area contributed by atoms with Crippen LogP contribution >= 0.6 is 0 Å². The van der Waals surface area contributed by atoms with Crippen molar-refractivity contribution in [2.24, 2.45) is 0 Å². The maximum Gasteiger partial charge on any atom is 0.355 e. The number of amides is 1. The van der Waals surface area contributed by atoms with E-state index in [0.717, 1.165) is 12.8 Å². The standard InChI is InChI=1S/C24H21BF2N2O4/c1-2-33-24(32)21-20(13-3-5-14(26)6-4-13)22(30)17(12-29(21)16-8-9-16)23(31)28-15-7-10-18(25)19(27)11-15/h3-7,10-12,16H,2,8-9,25H2,1H3,(H,28,31). The highest BCUT2D eigenvalue weighted by atomic mass is 19.1. The Morgan fingerprint density at radius 2 is 1.85 bits per heavy atom. The molecule has 2 aromatic carbocycles. The molecule has 1 aliphatic rings. The minimum absolute atomic E-state index is 0.0221. The molecular weight excluding hydrogens is 429 g/mol. The summed E-state index contributed by atoms with van der Waals surface area (Å²) in [5.41, 5.74) is -0.0338.